The van der Waals surface area contributed by atoms with Gasteiger partial charge in [0.2, 0.25) is 5.91 Å². The second-order valence-electron chi connectivity index (χ2n) is 8.83. The second-order valence-corrected chi connectivity index (χ2v) is 9.24. The molecule has 1 aliphatic rings. The summed E-state index contributed by atoms with van der Waals surface area (Å²) in [6.07, 6.45) is -0.795. The fourth-order valence-corrected chi connectivity index (χ4v) is 3.80. The zero-order valence-electron chi connectivity index (χ0n) is 20.1. The molecule has 7 nitrogen and oxygen atoms in total. The molecule has 1 amide bonds. The van der Waals surface area contributed by atoms with Crippen molar-refractivity contribution in [3.05, 3.63) is 70.5 Å². The standard InChI is InChI=1S/C26H25ClF3N5O2/c1-15(2)13-32-25(36)16-8-9-31-23-20(10-16)24(34-14-33-23)35-18-6-7-22(21(27)12-18)37-19-5-3-4-17(11-19)26(28,29)30/h3-7,10-12,14-15H,8-9,13H2,1-2H3,(H,32,36)(H2,31,33,34,35). The van der Waals surface area contributed by atoms with Gasteiger partial charge in [-0.3, -0.25) is 4.79 Å². The van der Waals surface area contributed by atoms with Gasteiger partial charge in [0.15, 0.2) is 0 Å². The zero-order chi connectivity index (χ0) is 26.6. The van der Waals surface area contributed by atoms with E-state index < -0.39 is 11.7 Å². The van der Waals surface area contributed by atoms with Crippen LogP contribution >= 0.6 is 11.6 Å². The molecule has 2 heterocycles. The molecule has 0 unspecified atom stereocenters. The Bertz CT molecular complexity index is 1330. The van der Waals surface area contributed by atoms with Crippen LogP contribution in [-0.4, -0.2) is 29.0 Å². The molecule has 0 spiro atoms. The average Bonchev–Trinajstić information content (AvgIpc) is 3.07. The van der Waals surface area contributed by atoms with E-state index >= 15 is 0 Å². The molecule has 0 saturated carbocycles. The van der Waals surface area contributed by atoms with Gasteiger partial charge in [0.25, 0.3) is 0 Å². The molecule has 0 saturated heterocycles. The number of fused-ring (bicyclic) bond motifs is 1. The normalized spacial score (nSPS) is 13.2. The fraction of sp³-hybridized carbons (Fsp3) is 0.269. The molecule has 37 heavy (non-hydrogen) atoms. The van der Waals surface area contributed by atoms with E-state index in [1.807, 2.05) is 13.8 Å². The SMILES string of the molecule is CC(C)CNC(=O)C1=Cc2c(ncnc2Nc2ccc(Oc3cccc(C(F)(F)F)c3)c(Cl)c2)NCC1. The van der Waals surface area contributed by atoms with Gasteiger partial charge in [-0.1, -0.05) is 31.5 Å². The fourth-order valence-electron chi connectivity index (χ4n) is 3.59. The topological polar surface area (TPSA) is 88.2 Å². The summed E-state index contributed by atoms with van der Waals surface area (Å²) >= 11 is 6.37. The molecule has 11 heteroatoms. The predicted molar refractivity (Wildman–Crippen MR) is 137 cm³/mol. The van der Waals surface area contributed by atoms with Gasteiger partial charge in [-0.05, 0) is 54.8 Å². The number of halogens is 4. The van der Waals surface area contributed by atoms with Gasteiger partial charge in [0, 0.05) is 24.4 Å². The van der Waals surface area contributed by atoms with Crippen LogP contribution in [0.4, 0.5) is 30.5 Å². The minimum absolute atomic E-state index is 0.0121. The van der Waals surface area contributed by atoms with E-state index in [2.05, 4.69) is 25.9 Å². The first-order valence-corrected chi connectivity index (χ1v) is 12.0. The molecule has 194 valence electrons. The molecule has 1 aromatic heterocycles. The van der Waals surface area contributed by atoms with Crippen LogP contribution in [0.5, 0.6) is 11.5 Å². The Morgan fingerprint density at radius 2 is 2.00 bits per heavy atom. The van der Waals surface area contributed by atoms with E-state index in [0.29, 0.717) is 53.9 Å². The third-order valence-corrected chi connectivity index (χ3v) is 5.73. The van der Waals surface area contributed by atoms with E-state index in [9.17, 15) is 18.0 Å². The van der Waals surface area contributed by atoms with Crippen LogP contribution in [0.15, 0.2) is 54.4 Å². The lowest BCUT2D eigenvalue weighted by molar-refractivity contribution is -0.137. The Labute approximate surface area is 217 Å². The first kappa shape index (κ1) is 26.3. The highest BCUT2D eigenvalue weighted by atomic mass is 35.5. The Hall–Kier alpha value is -3.79. The number of carbonyl (C=O) groups is 1. The molecule has 1 aliphatic heterocycles. The first-order valence-electron chi connectivity index (χ1n) is 11.6. The van der Waals surface area contributed by atoms with Gasteiger partial charge in [-0.2, -0.15) is 13.2 Å². The molecule has 3 aromatic rings. The van der Waals surface area contributed by atoms with Crippen molar-refractivity contribution < 1.29 is 22.7 Å². The van der Waals surface area contributed by atoms with Crippen LogP contribution < -0.4 is 20.7 Å². The van der Waals surface area contributed by atoms with Crippen LogP contribution in [0.1, 0.15) is 31.4 Å². The van der Waals surface area contributed by atoms with Crippen molar-refractivity contribution in [2.24, 2.45) is 5.92 Å². The molecule has 0 atom stereocenters. The number of nitrogens with one attached hydrogen (secondary N) is 3. The lowest BCUT2D eigenvalue weighted by Gasteiger charge is -2.14. The summed E-state index contributed by atoms with van der Waals surface area (Å²) in [4.78, 5) is 21.3. The second kappa shape index (κ2) is 11.1. The smallest absolute Gasteiger partial charge is 0.416 e. The van der Waals surface area contributed by atoms with Gasteiger partial charge in [-0.25, -0.2) is 9.97 Å². The van der Waals surface area contributed by atoms with Crippen LogP contribution in [0.25, 0.3) is 6.08 Å². The Kier molecular flexibility index (Phi) is 7.87. The van der Waals surface area contributed by atoms with Crippen molar-refractivity contribution in [3.63, 3.8) is 0 Å². The van der Waals surface area contributed by atoms with Crippen molar-refractivity contribution in [2.45, 2.75) is 26.4 Å². The highest BCUT2D eigenvalue weighted by molar-refractivity contribution is 6.32. The number of rotatable bonds is 7. The average molecular weight is 532 g/mol. The van der Waals surface area contributed by atoms with Gasteiger partial charge in [-0.15, -0.1) is 0 Å². The molecular weight excluding hydrogens is 507 g/mol. The predicted octanol–water partition coefficient (Wildman–Crippen LogP) is 6.66. The summed E-state index contributed by atoms with van der Waals surface area (Å²) in [5, 5.41) is 9.51. The Morgan fingerprint density at radius 1 is 1.19 bits per heavy atom. The largest absolute Gasteiger partial charge is 0.456 e. The molecule has 3 N–H and O–H groups in total. The summed E-state index contributed by atoms with van der Waals surface area (Å²) in [5.41, 5.74) is 0.969. The van der Waals surface area contributed by atoms with Gasteiger partial charge < -0.3 is 20.7 Å². The van der Waals surface area contributed by atoms with Crippen LogP contribution in [0, 0.1) is 5.92 Å². The lowest BCUT2D eigenvalue weighted by Crippen LogP contribution is -2.29. The number of hydrogen-bond donors (Lipinski definition) is 3. The maximum Gasteiger partial charge on any atom is 0.416 e. The van der Waals surface area contributed by atoms with Crippen molar-refractivity contribution in [3.8, 4) is 11.5 Å². The number of ether oxygens (including phenoxy) is 1. The third kappa shape index (κ3) is 6.71. The van der Waals surface area contributed by atoms with E-state index in [1.54, 1.807) is 24.3 Å². The quantitative estimate of drug-likeness (QED) is 0.316. The Morgan fingerprint density at radius 3 is 2.73 bits per heavy atom. The highest BCUT2D eigenvalue weighted by Crippen LogP contribution is 2.36. The maximum atomic E-state index is 13.0. The monoisotopic (exact) mass is 531 g/mol. The van der Waals surface area contributed by atoms with Crippen molar-refractivity contribution in [1.29, 1.82) is 0 Å². The minimum atomic E-state index is -4.48. The molecule has 2 aromatic carbocycles. The first-order chi connectivity index (χ1) is 17.6. The van der Waals surface area contributed by atoms with E-state index in [4.69, 9.17) is 16.3 Å². The van der Waals surface area contributed by atoms with Crippen molar-refractivity contribution in [2.75, 3.05) is 23.7 Å². The lowest BCUT2D eigenvalue weighted by atomic mass is 10.1. The number of carbonyl (C=O) groups excluding carboxylic acids is 1. The third-order valence-electron chi connectivity index (χ3n) is 5.44. The Balaban J connectivity index is 1.55. The highest BCUT2D eigenvalue weighted by Gasteiger charge is 2.30. The minimum Gasteiger partial charge on any atom is -0.456 e. The molecular formula is C26H25ClF3N5O2. The van der Waals surface area contributed by atoms with Gasteiger partial charge in [0.1, 0.15) is 29.5 Å². The van der Waals surface area contributed by atoms with Crippen LogP contribution in [0.2, 0.25) is 5.02 Å². The van der Waals surface area contributed by atoms with E-state index in [0.717, 1.165) is 12.1 Å². The molecule has 0 radical (unpaired) electrons. The number of amides is 1. The number of benzene rings is 2. The summed E-state index contributed by atoms with van der Waals surface area (Å²) in [5.74, 6) is 1.43. The maximum absolute atomic E-state index is 13.0. The number of aromatic nitrogens is 2. The van der Waals surface area contributed by atoms with Gasteiger partial charge in [0.05, 0.1) is 16.1 Å². The molecule has 4 rings (SSSR count). The molecule has 0 aliphatic carbocycles. The summed E-state index contributed by atoms with van der Waals surface area (Å²) < 4.78 is 44.6. The van der Waals surface area contributed by atoms with Crippen molar-refractivity contribution in [1.82, 2.24) is 15.3 Å². The number of hydrogen-bond acceptors (Lipinski definition) is 6. The van der Waals surface area contributed by atoms with Gasteiger partial charge >= 0.3 is 6.18 Å². The number of anilines is 3. The van der Waals surface area contributed by atoms with Crippen LogP contribution in [0.3, 0.4) is 0 Å². The zero-order valence-corrected chi connectivity index (χ0v) is 20.9. The molecule has 0 fully saturated rings. The summed E-state index contributed by atoms with van der Waals surface area (Å²) in [6, 6.07) is 9.34. The summed E-state index contributed by atoms with van der Waals surface area (Å²) in [6.45, 7) is 5.16. The van der Waals surface area contributed by atoms with E-state index in [-0.39, 0.29) is 22.4 Å². The van der Waals surface area contributed by atoms with E-state index in [1.165, 1.54) is 18.5 Å². The number of nitrogens with zero attached hydrogens (tertiary/aromatic N) is 2. The summed E-state index contributed by atoms with van der Waals surface area (Å²) in [7, 11) is 0. The van der Waals surface area contributed by atoms with Crippen LogP contribution in [-0.2, 0) is 11.0 Å². The van der Waals surface area contributed by atoms with Crippen molar-refractivity contribution >= 4 is 40.9 Å². The number of alkyl halides is 3. The molecule has 0 bridgehead atoms.